The first-order chi connectivity index (χ1) is 26.6. The Kier molecular flexibility index (Phi) is 16.1. The van der Waals surface area contributed by atoms with Crippen LogP contribution in [0.15, 0.2) is 0 Å². The summed E-state index contributed by atoms with van der Waals surface area (Å²) in [5.41, 5.74) is -1.19. The van der Waals surface area contributed by atoms with Crippen LogP contribution in [0.25, 0.3) is 0 Å². The lowest BCUT2D eigenvalue weighted by Crippen LogP contribution is -2.58. The summed E-state index contributed by atoms with van der Waals surface area (Å²) >= 11 is 0. The van der Waals surface area contributed by atoms with E-state index in [9.17, 15) is 24.0 Å². The maximum atomic E-state index is 14.4. The van der Waals surface area contributed by atoms with Gasteiger partial charge in [0, 0.05) is 46.1 Å². The number of nitrogens with zero attached hydrogens (tertiary/aromatic N) is 1. The highest BCUT2D eigenvalue weighted by Crippen LogP contribution is 2.44. The smallest absolute Gasteiger partial charge is 0.311 e. The molecular weight excluding hydrogens is 746 g/mol. The molecule has 326 valence electrons. The number of likely N-dealkylation sites (N-methyl/N-ethyl adjacent to an activating group) is 1. The van der Waals surface area contributed by atoms with Crippen LogP contribution in [-0.2, 0) is 71.3 Å². The number of ether oxygens (including phenoxy) is 10. The second kappa shape index (κ2) is 19.6. The summed E-state index contributed by atoms with van der Waals surface area (Å²) in [4.78, 5) is 67.4. The predicted molar refractivity (Wildman–Crippen MR) is 202 cm³/mol. The minimum Gasteiger partial charge on any atom is -0.462 e. The van der Waals surface area contributed by atoms with Crippen LogP contribution >= 0.6 is 0 Å². The number of hydrogen-bond donors (Lipinski definition) is 0. The molecule has 0 aromatic rings. The second-order valence-corrected chi connectivity index (χ2v) is 17.1. The fraction of sp³-hybridized carbons (Fsp3) is 0.878. The molecule has 0 unspecified atom stereocenters. The van der Waals surface area contributed by atoms with Gasteiger partial charge < -0.3 is 52.3 Å². The highest BCUT2D eigenvalue weighted by Gasteiger charge is 2.58. The van der Waals surface area contributed by atoms with E-state index < -0.39 is 120 Å². The third-order valence-corrected chi connectivity index (χ3v) is 12.2. The zero-order chi connectivity index (χ0) is 42.7. The summed E-state index contributed by atoms with van der Waals surface area (Å²) in [6.45, 7) is 18.5. The van der Waals surface area contributed by atoms with Crippen LogP contribution in [0.2, 0.25) is 0 Å². The van der Waals surface area contributed by atoms with Crippen LogP contribution in [0.1, 0.15) is 95.4 Å². The van der Waals surface area contributed by atoms with E-state index in [-0.39, 0.29) is 37.4 Å². The molecule has 57 heavy (non-hydrogen) atoms. The van der Waals surface area contributed by atoms with Gasteiger partial charge in [0.15, 0.2) is 36.2 Å². The Morgan fingerprint density at radius 1 is 0.702 bits per heavy atom. The molecular formula is C41H67NO15. The average Bonchev–Trinajstić information content (AvgIpc) is 3.91. The minimum atomic E-state index is -1.19. The van der Waals surface area contributed by atoms with Crippen LogP contribution in [0.3, 0.4) is 0 Å². The number of epoxide rings is 1. The van der Waals surface area contributed by atoms with Gasteiger partial charge in [-0.3, -0.25) is 24.0 Å². The van der Waals surface area contributed by atoms with Crippen molar-refractivity contribution in [1.82, 2.24) is 4.90 Å². The first kappa shape index (κ1) is 47.0. The zero-order valence-electron chi connectivity index (χ0n) is 36.2. The van der Waals surface area contributed by atoms with Crippen molar-refractivity contribution in [3.05, 3.63) is 0 Å². The molecule has 4 rings (SSSR count). The van der Waals surface area contributed by atoms with E-state index >= 15 is 0 Å². The molecule has 0 bridgehead atoms. The molecule has 4 aliphatic heterocycles. The Labute approximate surface area is 337 Å². The SMILES string of the molecule is CO[C@H]1C[C@H](O[C@H]2[C@H](C)[C@@H](O[C@@H]3O[C@H](C)C[C@H](N(C)C)[C@H]3OC(C)=O)[C@H](C)C[C@@]3(CO3)C(=O)[C@H](C)[C@H](OC(C)=O)[C@@H](C)[C@@H](C)OC(=O)[C@@H]2C)O[C@@H](C)[C@@H]1OC(C)=O. The van der Waals surface area contributed by atoms with Gasteiger partial charge in [-0.2, -0.15) is 0 Å². The van der Waals surface area contributed by atoms with Crippen LogP contribution in [0, 0.1) is 29.6 Å². The van der Waals surface area contributed by atoms with Crippen molar-refractivity contribution < 1.29 is 71.3 Å². The Morgan fingerprint density at radius 2 is 1.28 bits per heavy atom. The molecule has 0 aromatic carbocycles. The van der Waals surface area contributed by atoms with E-state index in [0.29, 0.717) is 6.42 Å². The highest BCUT2D eigenvalue weighted by molar-refractivity contribution is 5.92. The molecule has 0 radical (unpaired) electrons. The second-order valence-electron chi connectivity index (χ2n) is 17.1. The number of methoxy groups -OCH3 is 1. The molecule has 0 aliphatic carbocycles. The standard InChI is InChI=1S/C41H67NO15/c1-19-17-41(18-49-41)38(46)23(5)34(53-27(9)43)21(3)25(7)52-39(47)24(6)35(56-32-16-31(48-14)36(26(8)51-32)54-28(10)44)22(4)33(19)57-40-37(55-29(11)45)30(42(12)13)15-20(2)50-40/h19-26,30-37,40H,15-18H2,1-14H3/t19-,20-,21+,22-,23-,24-,25-,26+,30+,31+,32+,33+,34-,35+,36+,37-,40+,41-/m1/s1. The van der Waals surface area contributed by atoms with E-state index in [1.807, 2.05) is 39.8 Å². The van der Waals surface area contributed by atoms with E-state index in [0.717, 1.165) is 0 Å². The fourth-order valence-electron chi connectivity index (χ4n) is 8.93. The Hall–Kier alpha value is -2.73. The molecule has 0 aromatic heterocycles. The largest absolute Gasteiger partial charge is 0.462 e. The van der Waals surface area contributed by atoms with Crippen molar-refractivity contribution in [3.63, 3.8) is 0 Å². The molecule has 4 fully saturated rings. The summed E-state index contributed by atoms with van der Waals surface area (Å²) in [5, 5.41) is 0. The van der Waals surface area contributed by atoms with Crippen molar-refractivity contribution in [2.24, 2.45) is 29.6 Å². The van der Waals surface area contributed by atoms with Crippen LogP contribution < -0.4 is 0 Å². The topological polar surface area (TPSA) is 184 Å². The quantitative estimate of drug-likeness (QED) is 0.187. The molecule has 0 N–H and O–H groups in total. The molecule has 0 amide bonds. The molecule has 1 spiro atoms. The molecule has 16 nitrogen and oxygen atoms in total. The lowest BCUT2D eigenvalue weighted by Gasteiger charge is -2.46. The van der Waals surface area contributed by atoms with Crippen LogP contribution in [-0.4, -0.2) is 142 Å². The van der Waals surface area contributed by atoms with Crippen LogP contribution in [0.4, 0.5) is 0 Å². The summed E-state index contributed by atoms with van der Waals surface area (Å²) in [6.07, 6.45) is -7.35. The third-order valence-electron chi connectivity index (χ3n) is 12.2. The lowest BCUT2D eigenvalue weighted by molar-refractivity contribution is -0.301. The number of carbonyl (C=O) groups is 5. The molecule has 4 saturated heterocycles. The van der Waals surface area contributed by atoms with Gasteiger partial charge in [0.1, 0.15) is 18.3 Å². The van der Waals surface area contributed by atoms with Crippen molar-refractivity contribution in [2.75, 3.05) is 27.8 Å². The van der Waals surface area contributed by atoms with Gasteiger partial charge in [0.2, 0.25) is 0 Å². The number of rotatable bonds is 9. The van der Waals surface area contributed by atoms with E-state index in [4.69, 9.17) is 47.4 Å². The predicted octanol–water partition coefficient (Wildman–Crippen LogP) is 3.62. The van der Waals surface area contributed by atoms with Gasteiger partial charge in [-0.05, 0) is 60.5 Å². The number of cyclic esters (lactones) is 1. The number of carbonyl (C=O) groups excluding carboxylic acids is 5. The number of hydrogen-bond acceptors (Lipinski definition) is 16. The summed E-state index contributed by atoms with van der Waals surface area (Å²) in [5.74, 6) is -5.69. The third kappa shape index (κ3) is 11.3. The molecule has 18 atom stereocenters. The highest BCUT2D eigenvalue weighted by atomic mass is 16.7. The van der Waals surface area contributed by atoms with Gasteiger partial charge in [-0.15, -0.1) is 0 Å². The van der Waals surface area contributed by atoms with Crippen molar-refractivity contribution in [2.45, 2.75) is 175 Å². The molecule has 0 saturated carbocycles. The minimum absolute atomic E-state index is 0.162. The van der Waals surface area contributed by atoms with E-state index in [1.165, 1.54) is 27.9 Å². The Bertz CT molecular complexity index is 1420. The number of esters is 4. The van der Waals surface area contributed by atoms with Crippen molar-refractivity contribution >= 4 is 29.7 Å². The summed E-state index contributed by atoms with van der Waals surface area (Å²) in [7, 11) is 5.31. The van der Waals surface area contributed by atoms with Gasteiger partial charge in [-0.1, -0.05) is 27.7 Å². The molecule has 4 heterocycles. The summed E-state index contributed by atoms with van der Waals surface area (Å²) in [6, 6.07) is -0.247. The average molecular weight is 814 g/mol. The number of ketones is 1. The molecule has 16 heteroatoms. The number of Topliss-reactive ketones (excluding diaryl/α,β-unsaturated/α-hetero) is 1. The maximum absolute atomic E-state index is 14.4. The van der Waals surface area contributed by atoms with Gasteiger partial charge in [0.05, 0.1) is 48.9 Å². The van der Waals surface area contributed by atoms with Gasteiger partial charge >= 0.3 is 23.9 Å². The van der Waals surface area contributed by atoms with Crippen molar-refractivity contribution in [3.8, 4) is 0 Å². The zero-order valence-corrected chi connectivity index (χ0v) is 36.2. The monoisotopic (exact) mass is 813 g/mol. The molecule has 4 aliphatic rings. The van der Waals surface area contributed by atoms with E-state index in [1.54, 1.807) is 34.6 Å². The first-order valence-electron chi connectivity index (χ1n) is 20.3. The van der Waals surface area contributed by atoms with Gasteiger partial charge in [-0.25, -0.2) is 0 Å². The fourth-order valence-corrected chi connectivity index (χ4v) is 8.93. The normalized spacial score (nSPS) is 43.5. The van der Waals surface area contributed by atoms with E-state index in [2.05, 4.69) is 0 Å². The lowest BCUT2D eigenvalue weighted by atomic mass is 9.76. The maximum Gasteiger partial charge on any atom is 0.311 e. The summed E-state index contributed by atoms with van der Waals surface area (Å²) < 4.78 is 61.5. The van der Waals surface area contributed by atoms with Crippen molar-refractivity contribution in [1.29, 1.82) is 0 Å². The van der Waals surface area contributed by atoms with Crippen LogP contribution in [0.5, 0.6) is 0 Å². The first-order valence-corrected chi connectivity index (χ1v) is 20.3. The Morgan fingerprint density at radius 3 is 1.82 bits per heavy atom. The Balaban J connectivity index is 1.82. The van der Waals surface area contributed by atoms with Gasteiger partial charge in [0.25, 0.3) is 0 Å².